The van der Waals surface area contributed by atoms with Gasteiger partial charge in [-0.1, -0.05) is 60.7 Å². The van der Waals surface area contributed by atoms with Crippen LogP contribution in [0.1, 0.15) is 21.5 Å². The molecule has 0 aliphatic rings. The van der Waals surface area contributed by atoms with E-state index in [1.165, 1.54) is 0 Å². The summed E-state index contributed by atoms with van der Waals surface area (Å²) in [7, 11) is 1.55. The van der Waals surface area contributed by atoms with Gasteiger partial charge in [-0.2, -0.15) is 0 Å². The van der Waals surface area contributed by atoms with Crippen molar-refractivity contribution in [2.45, 2.75) is 12.1 Å². The molecular weight excluding hydrogens is 315 g/mol. The molecule has 0 N–H and O–H groups in total. The second-order valence-corrected chi connectivity index (χ2v) is 5.89. The van der Waals surface area contributed by atoms with Crippen molar-refractivity contribution in [2.24, 2.45) is 0 Å². The average Bonchev–Trinajstić information content (AvgIpc) is 2.69. The topological polar surface area (TPSA) is 26.3 Å². The Labute approximate surface area is 146 Å². The van der Waals surface area contributed by atoms with Gasteiger partial charge in [0.25, 0.3) is 0 Å². The summed E-state index contributed by atoms with van der Waals surface area (Å²) in [5.41, 5.74) is -0.671. The minimum absolute atomic E-state index is 0.0112. The number of alkyl halides is 1. The number of benzene rings is 3. The van der Waals surface area contributed by atoms with Gasteiger partial charge < -0.3 is 4.74 Å². The van der Waals surface area contributed by atoms with Crippen LogP contribution in [0.4, 0.5) is 4.39 Å². The first-order chi connectivity index (χ1) is 12.1. The molecule has 0 saturated carbocycles. The van der Waals surface area contributed by atoms with Crippen LogP contribution in [0.3, 0.4) is 0 Å². The summed E-state index contributed by atoms with van der Waals surface area (Å²) < 4.78 is 21.2. The van der Waals surface area contributed by atoms with Gasteiger partial charge in [0.1, 0.15) is 5.75 Å². The minimum atomic E-state index is -2.13. The number of halogens is 1. The molecule has 0 aliphatic carbocycles. The molecule has 0 heterocycles. The van der Waals surface area contributed by atoms with Crippen molar-refractivity contribution >= 4 is 5.78 Å². The summed E-state index contributed by atoms with van der Waals surface area (Å²) in [6.45, 7) is 0. The Morgan fingerprint density at radius 3 is 2.00 bits per heavy atom. The highest BCUT2D eigenvalue weighted by molar-refractivity contribution is 6.03. The van der Waals surface area contributed by atoms with Gasteiger partial charge in [-0.05, 0) is 35.4 Å². The second-order valence-electron chi connectivity index (χ2n) is 5.89. The third-order valence-electron chi connectivity index (χ3n) is 4.23. The van der Waals surface area contributed by atoms with E-state index < -0.39 is 11.5 Å². The number of ether oxygens (including phenoxy) is 1. The standard InChI is InChI=1S/C22H19FO2/c1-25-20-14-12-18(13-15-20)21(24)22(23,19-10-6-3-7-11-19)16-17-8-4-2-5-9-17/h2-15H,16H2,1H3/t22-/m0/s1. The largest absolute Gasteiger partial charge is 0.497 e. The smallest absolute Gasteiger partial charge is 0.204 e. The van der Waals surface area contributed by atoms with Crippen LogP contribution in [0.15, 0.2) is 84.9 Å². The highest BCUT2D eigenvalue weighted by Gasteiger charge is 2.41. The Hall–Kier alpha value is -2.94. The van der Waals surface area contributed by atoms with Gasteiger partial charge in [0.2, 0.25) is 11.5 Å². The zero-order valence-electron chi connectivity index (χ0n) is 14.0. The van der Waals surface area contributed by atoms with Crippen molar-refractivity contribution in [3.05, 3.63) is 102 Å². The molecule has 0 radical (unpaired) electrons. The zero-order chi connectivity index (χ0) is 17.7. The van der Waals surface area contributed by atoms with Gasteiger partial charge in [-0.3, -0.25) is 4.79 Å². The average molecular weight is 334 g/mol. The van der Waals surface area contributed by atoms with Crippen molar-refractivity contribution in [1.29, 1.82) is 0 Å². The van der Waals surface area contributed by atoms with E-state index in [0.29, 0.717) is 16.9 Å². The summed E-state index contributed by atoms with van der Waals surface area (Å²) >= 11 is 0. The van der Waals surface area contributed by atoms with Gasteiger partial charge in [-0.15, -0.1) is 0 Å². The van der Waals surface area contributed by atoms with E-state index in [0.717, 1.165) is 5.56 Å². The molecule has 2 nitrogen and oxygen atoms in total. The van der Waals surface area contributed by atoms with Crippen LogP contribution >= 0.6 is 0 Å². The van der Waals surface area contributed by atoms with E-state index in [9.17, 15) is 4.79 Å². The Bertz CT molecular complexity index is 829. The molecule has 3 aromatic carbocycles. The lowest BCUT2D eigenvalue weighted by Gasteiger charge is -2.25. The van der Waals surface area contributed by atoms with Crippen molar-refractivity contribution in [3.63, 3.8) is 0 Å². The zero-order valence-corrected chi connectivity index (χ0v) is 14.0. The lowest BCUT2D eigenvalue weighted by atomic mass is 9.82. The Balaban J connectivity index is 2.02. The highest BCUT2D eigenvalue weighted by Crippen LogP contribution is 2.34. The summed E-state index contributed by atoms with van der Waals surface area (Å²) in [5.74, 6) is 0.0778. The molecule has 3 rings (SSSR count). The molecular formula is C22H19FO2. The van der Waals surface area contributed by atoms with Crippen molar-refractivity contribution < 1.29 is 13.9 Å². The van der Waals surface area contributed by atoms with Crippen molar-refractivity contribution in [3.8, 4) is 5.75 Å². The fraction of sp³-hybridized carbons (Fsp3) is 0.136. The summed E-state index contributed by atoms with van der Waals surface area (Å²) in [4.78, 5) is 13.1. The number of carbonyl (C=O) groups excluding carboxylic acids is 1. The number of hydrogen-bond acceptors (Lipinski definition) is 2. The quantitative estimate of drug-likeness (QED) is 0.594. The van der Waals surface area contributed by atoms with Gasteiger partial charge in [0, 0.05) is 12.0 Å². The molecule has 1 atom stereocenters. The SMILES string of the molecule is COc1ccc(C(=O)[C@](F)(Cc2ccccc2)c2ccccc2)cc1. The predicted octanol–water partition coefficient (Wildman–Crippen LogP) is 4.99. The normalized spacial score (nSPS) is 13.0. The van der Waals surface area contributed by atoms with Crippen LogP contribution in [0.5, 0.6) is 5.75 Å². The fourth-order valence-corrected chi connectivity index (χ4v) is 2.86. The van der Waals surface area contributed by atoms with Crippen LogP contribution in [-0.2, 0) is 12.1 Å². The molecule has 0 bridgehead atoms. The first-order valence-corrected chi connectivity index (χ1v) is 8.11. The molecule has 126 valence electrons. The molecule has 0 unspecified atom stereocenters. The van der Waals surface area contributed by atoms with E-state index in [1.807, 2.05) is 36.4 Å². The Morgan fingerprint density at radius 2 is 1.44 bits per heavy atom. The monoisotopic (exact) mass is 334 g/mol. The number of carbonyl (C=O) groups is 1. The summed E-state index contributed by atoms with van der Waals surface area (Å²) in [6, 6.07) is 24.4. The van der Waals surface area contributed by atoms with Gasteiger partial charge in [-0.25, -0.2) is 4.39 Å². The minimum Gasteiger partial charge on any atom is -0.497 e. The maximum Gasteiger partial charge on any atom is 0.204 e. The van der Waals surface area contributed by atoms with Crippen LogP contribution in [0.25, 0.3) is 0 Å². The molecule has 3 heteroatoms. The molecule has 0 fully saturated rings. The third kappa shape index (κ3) is 3.61. The molecule has 0 saturated heterocycles. The number of Topliss-reactive ketones (excluding diaryl/α,β-unsaturated/α-hetero) is 1. The molecule has 0 spiro atoms. The van der Waals surface area contributed by atoms with E-state index in [4.69, 9.17) is 4.74 Å². The molecule has 25 heavy (non-hydrogen) atoms. The van der Waals surface area contributed by atoms with E-state index in [1.54, 1.807) is 55.6 Å². The number of rotatable bonds is 6. The van der Waals surface area contributed by atoms with Crippen LogP contribution in [-0.4, -0.2) is 12.9 Å². The van der Waals surface area contributed by atoms with Gasteiger partial charge in [0.05, 0.1) is 7.11 Å². The van der Waals surface area contributed by atoms with E-state index in [2.05, 4.69) is 0 Å². The lowest BCUT2D eigenvalue weighted by Crippen LogP contribution is -2.33. The van der Waals surface area contributed by atoms with Gasteiger partial charge in [0.15, 0.2) is 0 Å². The molecule has 3 aromatic rings. The summed E-state index contributed by atoms with van der Waals surface area (Å²) in [6.07, 6.45) is -0.0112. The fourth-order valence-electron chi connectivity index (χ4n) is 2.86. The van der Waals surface area contributed by atoms with Crippen LogP contribution in [0.2, 0.25) is 0 Å². The molecule has 0 aromatic heterocycles. The van der Waals surface area contributed by atoms with Crippen LogP contribution in [0, 0.1) is 0 Å². The van der Waals surface area contributed by atoms with E-state index >= 15 is 4.39 Å². The Morgan fingerprint density at radius 1 is 0.880 bits per heavy atom. The van der Waals surface area contributed by atoms with Crippen molar-refractivity contribution in [2.75, 3.05) is 7.11 Å². The maximum atomic E-state index is 16.1. The molecule has 0 aliphatic heterocycles. The lowest BCUT2D eigenvalue weighted by molar-refractivity contribution is 0.0676. The van der Waals surface area contributed by atoms with Gasteiger partial charge >= 0.3 is 0 Å². The molecule has 0 amide bonds. The first-order valence-electron chi connectivity index (χ1n) is 8.11. The highest BCUT2D eigenvalue weighted by atomic mass is 19.1. The second kappa shape index (κ2) is 7.31. The number of hydrogen-bond donors (Lipinski definition) is 0. The van der Waals surface area contributed by atoms with E-state index in [-0.39, 0.29) is 6.42 Å². The first kappa shape index (κ1) is 16.9. The predicted molar refractivity (Wildman–Crippen MR) is 96.7 cm³/mol. The van der Waals surface area contributed by atoms with Crippen molar-refractivity contribution in [1.82, 2.24) is 0 Å². The maximum absolute atomic E-state index is 16.1. The summed E-state index contributed by atoms with van der Waals surface area (Å²) in [5, 5.41) is 0. The number of ketones is 1. The Kier molecular flexibility index (Phi) is 4.94. The third-order valence-corrected chi connectivity index (χ3v) is 4.23. The van der Waals surface area contributed by atoms with Crippen LogP contribution < -0.4 is 4.74 Å². The number of methoxy groups -OCH3 is 1.